The lowest BCUT2D eigenvalue weighted by atomic mass is 9.95. The van der Waals surface area contributed by atoms with E-state index in [-0.39, 0.29) is 36.1 Å². The number of nitrogens with zero attached hydrogens (tertiary/aromatic N) is 9. The van der Waals surface area contributed by atoms with E-state index >= 15 is 0 Å². The summed E-state index contributed by atoms with van der Waals surface area (Å²) in [5.41, 5.74) is 6.04. The standard InChI is InChI=1S/C47H52N12O5/c1-30(51-44(61)33-6-4-8-36(24-33)49-26-41-53-54-43(55(41)2)39-13-16-48-29-50-39)32-5-3-7-34(23-32)46(63)58-17-14-31(15-18-58)27-56-19-21-57(22-20-56)37-9-10-38-35(25-37)28-59(47(38)64)40-11-12-42(60)52-45(40)62/h3-10,13,16,23-25,29-31,40,49H,11-12,14-15,17-22,26-28H2,1-2H3,(H,51,61)(H,52,60,62)/t30-,40?/m1/s1. The van der Waals surface area contributed by atoms with Crippen LogP contribution in [-0.4, -0.2) is 121 Å². The van der Waals surface area contributed by atoms with E-state index in [1.54, 1.807) is 29.3 Å². The Labute approximate surface area is 371 Å². The summed E-state index contributed by atoms with van der Waals surface area (Å²) in [4.78, 5) is 81.1. The predicted molar refractivity (Wildman–Crippen MR) is 238 cm³/mol. The van der Waals surface area contributed by atoms with Crippen LogP contribution < -0.4 is 20.9 Å². The minimum atomic E-state index is -0.619. The number of anilines is 2. The number of piperazine rings is 1. The summed E-state index contributed by atoms with van der Waals surface area (Å²) in [5, 5.41) is 17.4. The number of carbonyl (C=O) groups is 5. The Bertz CT molecular complexity index is 2570. The second-order valence-corrected chi connectivity index (χ2v) is 17.1. The first kappa shape index (κ1) is 42.3. The smallest absolute Gasteiger partial charge is 0.255 e. The molecule has 17 nitrogen and oxygen atoms in total. The van der Waals surface area contributed by atoms with Crippen molar-refractivity contribution in [3.05, 3.63) is 119 Å². The average molecular weight is 865 g/mol. The molecule has 3 N–H and O–H groups in total. The van der Waals surface area contributed by atoms with Crippen LogP contribution in [0, 0.1) is 5.92 Å². The van der Waals surface area contributed by atoms with Gasteiger partial charge in [0.05, 0.1) is 12.6 Å². The monoisotopic (exact) mass is 864 g/mol. The third-order valence-corrected chi connectivity index (χ3v) is 13.0. The summed E-state index contributed by atoms with van der Waals surface area (Å²) < 4.78 is 1.87. The van der Waals surface area contributed by atoms with Gasteiger partial charge in [-0.2, -0.15) is 0 Å². The number of aromatic nitrogens is 5. The Balaban J connectivity index is 0.720. The Morgan fingerprint density at radius 2 is 1.67 bits per heavy atom. The first-order valence-corrected chi connectivity index (χ1v) is 22.0. The minimum absolute atomic E-state index is 0.00886. The van der Waals surface area contributed by atoms with Crippen molar-refractivity contribution < 1.29 is 24.0 Å². The van der Waals surface area contributed by atoms with Gasteiger partial charge in [-0.05, 0) is 97.8 Å². The summed E-state index contributed by atoms with van der Waals surface area (Å²) >= 11 is 0. The van der Waals surface area contributed by atoms with Gasteiger partial charge >= 0.3 is 0 Å². The largest absolute Gasteiger partial charge is 0.378 e. The maximum atomic E-state index is 13.7. The zero-order valence-electron chi connectivity index (χ0n) is 36.1. The number of piperidine rings is 2. The number of hydrogen-bond acceptors (Lipinski definition) is 12. The lowest BCUT2D eigenvalue weighted by Crippen LogP contribution is -2.52. The number of rotatable bonds is 12. The molecule has 0 radical (unpaired) electrons. The third kappa shape index (κ3) is 9.06. The molecule has 2 aromatic heterocycles. The van der Waals surface area contributed by atoms with Gasteiger partial charge in [0.1, 0.15) is 18.1 Å². The number of benzene rings is 3. The van der Waals surface area contributed by atoms with Crippen LogP contribution >= 0.6 is 0 Å². The zero-order valence-corrected chi connectivity index (χ0v) is 36.1. The molecule has 3 fully saturated rings. The summed E-state index contributed by atoms with van der Waals surface area (Å²) in [5.74, 6) is 0.794. The second kappa shape index (κ2) is 18.4. The molecule has 5 amide bonds. The number of hydrogen-bond donors (Lipinski definition) is 3. The molecular formula is C47H52N12O5. The quantitative estimate of drug-likeness (QED) is 0.154. The molecule has 4 aliphatic rings. The normalized spacial score (nSPS) is 18.8. The first-order valence-electron chi connectivity index (χ1n) is 22.0. The number of amides is 5. The predicted octanol–water partition coefficient (Wildman–Crippen LogP) is 3.81. The molecule has 330 valence electrons. The van der Waals surface area contributed by atoms with Crippen LogP contribution in [0.1, 0.15) is 86.7 Å². The van der Waals surface area contributed by atoms with Crippen LogP contribution in [0.25, 0.3) is 11.5 Å². The van der Waals surface area contributed by atoms with Crippen LogP contribution in [0.2, 0.25) is 0 Å². The van der Waals surface area contributed by atoms with Crippen LogP contribution in [0.3, 0.4) is 0 Å². The molecule has 3 saturated heterocycles. The molecule has 0 spiro atoms. The molecule has 3 aromatic carbocycles. The highest BCUT2D eigenvalue weighted by Crippen LogP contribution is 2.31. The average Bonchev–Trinajstić information content (AvgIpc) is 3.86. The van der Waals surface area contributed by atoms with Crippen LogP contribution in [-0.2, 0) is 29.7 Å². The molecule has 0 aliphatic carbocycles. The van der Waals surface area contributed by atoms with Crippen molar-refractivity contribution in [2.75, 3.05) is 56.0 Å². The van der Waals surface area contributed by atoms with Gasteiger partial charge in [0, 0.05) is 100 Å². The van der Waals surface area contributed by atoms with E-state index in [1.165, 1.54) is 6.33 Å². The van der Waals surface area contributed by atoms with E-state index in [1.807, 2.05) is 72.0 Å². The fourth-order valence-electron chi connectivity index (χ4n) is 9.23. The molecule has 1 unspecified atom stereocenters. The number of likely N-dealkylation sites (tertiary alicyclic amines) is 1. The van der Waals surface area contributed by atoms with E-state index in [9.17, 15) is 24.0 Å². The van der Waals surface area contributed by atoms with Crippen molar-refractivity contribution in [1.29, 1.82) is 0 Å². The molecule has 4 aliphatic heterocycles. The third-order valence-electron chi connectivity index (χ3n) is 13.0. The highest BCUT2D eigenvalue weighted by Gasteiger charge is 2.39. The first-order chi connectivity index (χ1) is 31.1. The summed E-state index contributed by atoms with van der Waals surface area (Å²) in [6, 6.07) is 21.6. The highest BCUT2D eigenvalue weighted by atomic mass is 16.2. The Morgan fingerprint density at radius 3 is 2.45 bits per heavy atom. The van der Waals surface area contributed by atoms with E-state index in [0.29, 0.717) is 72.6 Å². The van der Waals surface area contributed by atoms with Crippen molar-refractivity contribution in [3.63, 3.8) is 0 Å². The van der Waals surface area contributed by atoms with Gasteiger partial charge in [-0.25, -0.2) is 9.97 Å². The van der Waals surface area contributed by atoms with Crippen LogP contribution in [0.15, 0.2) is 85.3 Å². The summed E-state index contributed by atoms with van der Waals surface area (Å²) in [7, 11) is 1.88. The fourth-order valence-corrected chi connectivity index (χ4v) is 9.23. The fraction of sp³-hybridized carbons (Fsp3) is 0.383. The zero-order chi connectivity index (χ0) is 44.3. The minimum Gasteiger partial charge on any atom is -0.378 e. The van der Waals surface area contributed by atoms with E-state index in [2.05, 4.69) is 52.0 Å². The molecule has 5 aromatic rings. The maximum absolute atomic E-state index is 13.7. The van der Waals surface area contributed by atoms with Gasteiger partial charge < -0.3 is 29.9 Å². The molecule has 64 heavy (non-hydrogen) atoms. The summed E-state index contributed by atoms with van der Waals surface area (Å²) in [6.45, 7) is 8.69. The van der Waals surface area contributed by atoms with Crippen molar-refractivity contribution in [3.8, 4) is 11.5 Å². The highest BCUT2D eigenvalue weighted by molar-refractivity contribution is 6.05. The lowest BCUT2D eigenvalue weighted by molar-refractivity contribution is -0.136. The van der Waals surface area contributed by atoms with Crippen molar-refractivity contribution in [2.24, 2.45) is 13.0 Å². The number of nitrogens with one attached hydrogen (secondary N) is 3. The number of fused-ring (bicyclic) bond motifs is 1. The van der Waals surface area contributed by atoms with Gasteiger partial charge in [0.25, 0.3) is 17.7 Å². The van der Waals surface area contributed by atoms with Gasteiger partial charge in [0.2, 0.25) is 11.8 Å². The molecular weight excluding hydrogens is 813 g/mol. The molecule has 17 heteroatoms. The molecule has 0 saturated carbocycles. The SMILES string of the molecule is C[C@@H](NC(=O)c1cccc(NCc2nnc(-c3ccncn3)n2C)c1)c1cccc(C(=O)N2CCC(CN3CCN(c4ccc5c(c4)CN(C4CCC(=O)NC4=O)C5=O)CC3)CC2)c1. The van der Waals surface area contributed by atoms with Crippen molar-refractivity contribution in [2.45, 2.75) is 57.8 Å². The Morgan fingerprint density at radius 1 is 0.875 bits per heavy atom. The summed E-state index contributed by atoms with van der Waals surface area (Å²) in [6.07, 6.45) is 5.61. The second-order valence-electron chi connectivity index (χ2n) is 17.1. The Hall–Kier alpha value is -7.01. The van der Waals surface area contributed by atoms with E-state index in [0.717, 1.165) is 68.1 Å². The van der Waals surface area contributed by atoms with Gasteiger partial charge in [-0.1, -0.05) is 18.2 Å². The van der Waals surface area contributed by atoms with Crippen LogP contribution in [0.5, 0.6) is 0 Å². The molecule has 0 bridgehead atoms. The molecule has 6 heterocycles. The topological polar surface area (TPSA) is 191 Å². The van der Waals surface area contributed by atoms with Crippen LogP contribution in [0.4, 0.5) is 11.4 Å². The van der Waals surface area contributed by atoms with E-state index in [4.69, 9.17) is 0 Å². The van der Waals surface area contributed by atoms with E-state index < -0.39 is 11.9 Å². The van der Waals surface area contributed by atoms with Crippen molar-refractivity contribution >= 4 is 40.9 Å². The number of imide groups is 1. The lowest BCUT2D eigenvalue weighted by Gasteiger charge is -2.39. The van der Waals surface area contributed by atoms with Crippen molar-refractivity contribution in [1.82, 2.24) is 50.1 Å². The number of carbonyl (C=O) groups excluding carboxylic acids is 5. The van der Waals surface area contributed by atoms with Gasteiger partial charge in [-0.3, -0.25) is 34.2 Å². The molecule has 2 atom stereocenters. The maximum Gasteiger partial charge on any atom is 0.255 e. The van der Waals surface area contributed by atoms with Gasteiger partial charge in [-0.15, -0.1) is 10.2 Å². The molecule has 9 rings (SSSR count). The van der Waals surface area contributed by atoms with Gasteiger partial charge in [0.15, 0.2) is 11.6 Å². The Kier molecular flexibility index (Phi) is 12.1.